The fourth-order valence-corrected chi connectivity index (χ4v) is 3.49. The van der Waals surface area contributed by atoms with Crippen molar-refractivity contribution in [2.75, 3.05) is 0 Å². The van der Waals surface area contributed by atoms with Gasteiger partial charge in [-0.05, 0) is 49.4 Å². The summed E-state index contributed by atoms with van der Waals surface area (Å²) in [5.74, 6) is 0.819. The lowest BCUT2D eigenvalue weighted by atomic mass is 10.1. The highest BCUT2D eigenvalue weighted by molar-refractivity contribution is 8.17. The number of fused-ring (bicyclic) bond motifs is 1. The Labute approximate surface area is 153 Å². The second-order valence-corrected chi connectivity index (χ2v) is 7.18. The van der Waals surface area contributed by atoms with E-state index < -0.39 is 5.91 Å². The van der Waals surface area contributed by atoms with Crippen molar-refractivity contribution in [2.45, 2.75) is 6.92 Å². The first-order chi connectivity index (χ1) is 12.0. The Bertz CT molecular complexity index is 986. The van der Waals surface area contributed by atoms with E-state index in [1.807, 2.05) is 25.1 Å². The lowest BCUT2D eigenvalue weighted by Gasteiger charge is -2.21. The molecule has 1 aromatic carbocycles. The van der Waals surface area contributed by atoms with Gasteiger partial charge >= 0.3 is 0 Å². The summed E-state index contributed by atoms with van der Waals surface area (Å²) >= 11 is 7.28. The van der Waals surface area contributed by atoms with Crippen molar-refractivity contribution in [3.05, 3.63) is 63.9 Å². The Morgan fingerprint density at radius 3 is 2.76 bits per heavy atom. The second-order valence-electron chi connectivity index (χ2n) is 5.53. The van der Waals surface area contributed by atoms with Gasteiger partial charge in [-0.2, -0.15) is 4.99 Å². The molecule has 2 aliphatic rings. The summed E-state index contributed by atoms with van der Waals surface area (Å²) < 4.78 is 5.79. The van der Waals surface area contributed by atoms with Crippen molar-refractivity contribution in [3.8, 4) is 11.3 Å². The molecule has 0 radical (unpaired) electrons. The molecule has 1 amide bonds. The summed E-state index contributed by atoms with van der Waals surface area (Å²) in [5.41, 5.74) is 1.08. The zero-order chi connectivity index (χ0) is 17.6. The zero-order valence-electron chi connectivity index (χ0n) is 13.1. The van der Waals surface area contributed by atoms with Gasteiger partial charge in [-0.3, -0.25) is 15.1 Å². The molecule has 0 aliphatic carbocycles. The van der Waals surface area contributed by atoms with E-state index in [2.05, 4.69) is 4.99 Å². The number of furan rings is 1. The molecule has 0 atom stereocenters. The number of nitrogens with zero attached hydrogens (tertiary/aromatic N) is 2. The van der Waals surface area contributed by atoms with E-state index >= 15 is 0 Å². The van der Waals surface area contributed by atoms with E-state index in [0.29, 0.717) is 21.7 Å². The van der Waals surface area contributed by atoms with Crippen LogP contribution in [-0.2, 0) is 4.79 Å². The minimum atomic E-state index is -0.434. The molecule has 1 aromatic heterocycles. The third-order valence-electron chi connectivity index (χ3n) is 3.73. The van der Waals surface area contributed by atoms with Crippen LogP contribution in [0, 0.1) is 5.41 Å². The number of benzene rings is 1. The van der Waals surface area contributed by atoms with Gasteiger partial charge in [0.1, 0.15) is 17.4 Å². The molecule has 0 saturated carbocycles. The molecular formula is C18H12ClN3O2S. The highest BCUT2D eigenvalue weighted by Gasteiger charge is 2.33. The quantitative estimate of drug-likeness (QED) is 0.774. The topological polar surface area (TPSA) is 69.7 Å². The highest BCUT2D eigenvalue weighted by atomic mass is 35.5. The van der Waals surface area contributed by atoms with Crippen molar-refractivity contribution in [1.29, 1.82) is 5.41 Å². The lowest BCUT2D eigenvalue weighted by molar-refractivity contribution is -0.114. The number of amides is 1. The number of nitrogens with one attached hydrogen (secondary N) is 1. The van der Waals surface area contributed by atoms with Crippen LogP contribution in [0.15, 0.2) is 62.5 Å². The van der Waals surface area contributed by atoms with Crippen LogP contribution in [0.3, 0.4) is 0 Å². The first-order valence-corrected chi connectivity index (χ1v) is 8.65. The van der Waals surface area contributed by atoms with E-state index in [9.17, 15) is 4.79 Å². The maximum Gasteiger partial charge on any atom is 0.283 e. The van der Waals surface area contributed by atoms with Crippen molar-refractivity contribution in [1.82, 2.24) is 4.90 Å². The number of halogens is 1. The number of hydrogen-bond acceptors (Lipinski definition) is 4. The zero-order valence-corrected chi connectivity index (χ0v) is 14.7. The number of hydrogen-bond donors (Lipinski definition) is 1. The van der Waals surface area contributed by atoms with Gasteiger partial charge in [-0.25, -0.2) is 0 Å². The number of thioether (sulfide) groups is 1. The smallest absolute Gasteiger partial charge is 0.283 e. The average molecular weight is 370 g/mol. The van der Waals surface area contributed by atoms with Crippen LogP contribution in [0.25, 0.3) is 17.4 Å². The third-order valence-corrected chi connectivity index (χ3v) is 4.88. The lowest BCUT2D eigenvalue weighted by Crippen LogP contribution is -2.35. The summed E-state index contributed by atoms with van der Waals surface area (Å²) in [5, 5.41) is 9.45. The molecule has 7 heteroatoms. The Morgan fingerprint density at radius 2 is 2.00 bits per heavy atom. The minimum absolute atomic E-state index is 0.101. The SMILES string of the molecule is CC1=CN2C(=N)/C(=C/c3ccc(-c4ccc(Cl)cc4)o3)C(=O)N=C2S1. The molecule has 1 N–H and O–H groups in total. The number of allylic oxidation sites excluding steroid dienone is 1. The number of carbonyl (C=O) groups is 1. The van der Waals surface area contributed by atoms with Gasteiger partial charge in [0.05, 0.1) is 5.57 Å². The van der Waals surface area contributed by atoms with Crippen LogP contribution in [-0.4, -0.2) is 21.8 Å². The molecule has 5 nitrogen and oxygen atoms in total. The average Bonchev–Trinajstić information content (AvgIpc) is 3.18. The highest BCUT2D eigenvalue weighted by Crippen LogP contribution is 2.33. The molecule has 3 heterocycles. The summed E-state index contributed by atoms with van der Waals surface area (Å²) in [6.45, 7) is 1.91. The summed E-state index contributed by atoms with van der Waals surface area (Å²) in [6, 6.07) is 10.9. The molecule has 0 fully saturated rings. The van der Waals surface area contributed by atoms with E-state index in [-0.39, 0.29) is 11.4 Å². The third kappa shape index (κ3) is 2.94. The Kier molecular flexibility index (Phi) is 3.86. The van der Waals surface area contributed by atoms with Crippen molar-refractivity contribution in [3.63, 3.8) is 0 Å². The van der Waals surface area contributed by atoms with E-state index in [1.54, 1.807) is 35.4 Å². The maximum atomic E-state index is 12.3. The van der Waals surface area contributed by atoms with Gasteiger partial charge < -0.3 is 4.42 Å². The molecule has 4 rings (SSSR count). The van der Waals surface area contributed by atoms with Crippen LogP contribution in [0.2, 0.25) is 5.02 Å². The largest absolute Gasteiger partial charge is 0.457 e. The van der Waals surface area contributed by atoms with Gasteiger partial charge in [0.15, 0.2) is 5.17 Å². The fourth-order valence-electron chi connectivity index (χ4n) is 2.54. The van der Waals surface area contributed by atoms with Crippen molar-refractivity contribution >= 4 is 46.3 Å². The Morgan fingerprint density at radius 1 is 1.24 bits per heavy atom. The predicted molar refractivity (Wildman–Crippen MR) is 100 cm³/mol. The van der Waals surface area contributed by atoms with Gasteiger partial charge in [-0.15, -0.1) is 0 Å². The van der Waals surface area contributed by atoms with Crippen LogP contribution in [0.1, 0.15) is 12.7 Å². The monoisotopic (exact) mass is 369 g/mol. The molecule has 0 unspecified atom stereocenters. The maximum absolute atomic E-state index is 12.3. The molecular weight excluding hydrogens is 358 g/mol. The molecule has 0 saturated heterocycles. The van der Waals surface area contributed by atoms with Crippen molar-refractivity contribution in [2.24, 2.45) is 4.99 Å². The van der Waals surface area contributed by atoms with Gasteiger partial charge in [0, 0.05) is 21.7 Å². The van der Waals surface area contributed by atoms with Gasteiger partial charge in [0.2, 0.25) is 0 Å². The van der Waals surface area contributed by atoms with Crippen molar-refractivity contribution < 1.29 is 9.21 Å². The number of rotatable bonds is 2. The Balaban J connectivity index is 1.66. The fraction of sp³-hybridized carbons (Fsp3) is 0.0556. The molecule has 0 spiro atoms. The summed E-state index contributed by atoms with van der Waals surface area (Å²) in [7, 11) is 0. The second kappa shape index (κ2) is 6.06. The van der Waals surface area contributed by atoms with Crippen LogP contribution < -0.4 is 0 Å². The van der Waals surface area contributed by atoms with E-state index in [1.165, 1.54) is 11.8 Å². The molecule has 2 aliphatic heterocycles. The predicted octanol–water partition coefficient (Wildman–Crippen LogP) is 4.77. The Hall–Kier alpha value is -2.57. The van der Waals surface area contributed by atoms with Crippen LogP contribution in [0.4, 0.5) is 0 Å². The first-order valence-electron chi connectivity index (χ1n) is 7.46. The number of amidine groups is 2. The van der Waals surface area contributed by atoms with E-state index in [0.717, 1.165) is 10.5 Å². The summed E-state index contributed by atoms with van der Waals surface area (Å²) in [6.07, 6.45) is 3.35. The molecule has 0 bridgehead atoms. The van der Waals surface area contributed by atoms with Crippen LogP contribution in [0.5, 0.6) is 0 Å². The molecule has 2 aromatic rings. The minimum Gasteiger partial charge on any atom is -0.457 e. The standard InChI is InChI=1S/C18H12ClN3O2S/c1-10-9-22-16(20)14(17(23)21-18(22)25-10)8-13-6-7-15(24-13)11-2-4-12(19)5-3-11/h2-9,20H,1H3/b14-8-,20-16?. The molecule has 124 valence electrons. The summed E-state index contributed by atoms with van der Waals surface area (Å²) in [4.78, 5) is 18.9. The van der Waals surface area contributed by atoms with Gasteiger partial charge in [0.25, 0.3) is 5.91 Å². The van der Waals surface area contributed by atoms with Gasteiger partial charge in [-0.1, -0.05) is 23.4 Å². The van der Waals surface area contributed by atoms with Crippen LogP contribution >= 0.6 is 23.4 Å². The first kappa shape index (κ1) is 15.9. The number of carbonyl (C=O) groups excluding carboxylic acids is 1. The number of aliphatic imine (C=N–C) groups is 1. The molecule has 25 heavy (non-hydrogen) atoms. The van der Waals surface area contributed by atoms with E-state index in [4.69, 9.17) is 21.4 Å². The normalized spacial score (nSPS) is 18.5.